The second kappa shape index (κ2) is 6.91. The van der Waals surface area contributed by atoms with Gasteiger partial charge in [0.1, 0.15) is 5.92 Å². The maximum absolute atomic E-state index is 13.0. The highest BCUT2D eigenvalue weighted by Gasteiger charge is 2.47. The smallest absolute Gasteiger partial charge is 0.198 e. The number of benzene rings is 1. The van der Waals surface area contributed by atoms with Gasteiger partial charge in [0.2, 0.25) is 0 Å². The van der Waals surface area contributed by atoms with Crippen LogP contribution in [0.2, 0.25) is 10.0 Å². The Bertz CT molecular complexity index is 800. The van der Waals surface area contributed by atoms with Crippen LogP contribution in [0.4, 0.5) is 0 Å². The number of thioether (sulfide) groups is 1. The molecule has 1 spiro atoms. The molecule has 1 aliphatic carbocycles. The average Bonchev–Trinajstić information content (AvgIpc) is 3.06. The molecule has 0 aromatic heterocycles. The lowest BCUT2D eigenvalue weighted by Gasteiger charge is -2.35. The van der Waals surface area contributed by atoms with E-state index in [2.05, 4.69) is 0 Å². The molecule has 2 fully saturated rings. The Morgan fingerprint density at radius 1 is 1.15 bits per heavy atom. The minimum atomic E-state index is -1.28. The van der Waals surface area contributed by atoms with E-state index in [1.165, 1.54) is 17.8 Å². The molecule has 0 atom stereocenters. The first-order valence-corrected chi connectivity index (χ1v) is 10.2. The maximum Gasteiger partial charge on any atom is 0.198 e. The highest BCUT2D eigenvalue weighted by molar-refractivity contribution is 7.99. The molecule has 0 radical (unpaired) electrons. The van der Waals surface area contributed by atoms with Crippen molar-refractivity contribution in [2.45, 2.75) is 36.4 Å². The zero-order valence-corrected chi connectivity index (χ0v) is 16.1. The van der Waals surface area contributed by atoms with Crippen molar-refractivity contribution in [2.75, 3.05) is 19.0 Å². The molecular weight excluding hydrogens is 399 g/mol. The van der Waals surface area contributed by atoms with Gasteiger partial charge in [-0.25, -0.2) is 0 Å². The molecule has 0 unspecified atom stereocenters. The van der Waals surface area contributed by atoms with Gasteiger partial charge in [-0.15, -0.1) is 11.8 Å². The fourth-order valence-corrected chi connectivity index (χ4v) is 5.76. The van der Waals surface area contributed by atoms with Crippen molar-refractivity contribution >= 4 is 52.3 Å². The molecule has 0 N–H and O–H groups in total. The lowest BCUT2D eigenvalue weighted by Crippen LogP contribution is -2.36. The number of rotatable bonds is 2. The number of Topliss-reactive ketones (excluding diaryl/α,β-unsaturated/α-hetero) is 3. The summed E-state index contributed by atoms with van der Waals surface area (Å²) in [6, 6.07) is 1.46. The molecule has 2 aliphatic heterocycles. The average molecular weight is 415 g/mol. The van der Waals surface area contributed by atoms with E-state index >= 15 is 0 Å². The largest absolute Gasteiger partial charge is 0.343 e. The summed E-state index contributed by atoms with van der Waals surface area (Å²) < 4.78 is 11.7. The molecule has 138 valence electrons. The topological polar surface area (TPSA) is 69.7 Å². The van der Waals surface area contributed by atoms with Crippen molar-refractivity contribution in [3.63, 3.8) is 0 Å². The predicted octanol–water partition coefficient (Wildman–Crippen LogP) is 3.81. The van der Waals surface area contributed by atoms with E-state index in [4.69, 9.17) is 32.7 Å². The van der Waals surface area contributed by atoms with E-state index in [0.717, 1.165) is 10.6 Å². The Morgan fingerprint density at radius 3 is 2.46 bits per heavy atom. The number of ether oxygens (including phenoxy) is 2. The van der Waals surface area contributed by atoms with E-state index in [1.807, 2.05) is 0 Å². The number of hydrogen-bond acceptors (Lipinski definition) is 6. The fourth-order valence-electron chi connectivity index (χ4n) is 3.78. The van der Waals surface area contributed by atoms with Crippen LogP contribution >= 0.6 is 35.0 Å². The summed E-state index contributed by atoms with van der Waals surface area (Å²) in [5.74, 6) is -2.85. The van der Waals surface area contributed by atoms with Crippen LogP contribution < -0.4 is 0 Å². The van der Waals surface area contributed by atoms with Crippen LogP contribution in [0.5, 0.6) is 0 Å². The highest BCUT2D eigenvalue weighted by Crippen LogP contribution is 2.52. The molecule has 26 heavy (non-hydrogen) atoms. The lowest BCUT2D eigenvalue weighted by molar-refractivity contribution is -0.169. The second-order valence-electron chi connectivity index (χ2n) is 6.56. The van der Waals surface area contributed by atoms with Crippen LogP contribution in [0.3, 0.4) is 0 Å². The Kier molecular flexibility index (Phi) is 4.90. The van der Waals surface area contributed by atoms with Gasteiger partial charge in [-0.05, 0) is 12.5 Å². The first kappa shape index (κ1) is 18.4. The lowest BCUT2D eigenvalue weighted by atomic mass is 9.81. The zero-order valence-electron chi connectivity index (χ0n) is 13.8. The van der Waals surface area contributed by atoms with Crippen LogP contribution in [-0.2, 0) is 24.8 Å². The summed E-state index contributed by atoms with van der Waals surface area (Å²) in [7, 11) is 0. The molecule has 0 amide bonds. The highest BCUT2D eigenvalue weighted by atomic mass is 35.5. The van der Waals surface area contributed by atoms with Crippen molar-refractivity contribution in [1.29, 1.82) is 0 Å². The van der Waals surface area contributed by atoms with Crippen molar-refractivity contribution < 1.29 is 23.9 Å². The van der Waals surface area contributed by atoms with E-state index < -0.39 is 17.5 Å². The summed E-state index contributed by atoms with van der Waals surface area (Å²) >= 11 is 14.6. The molecule has 1 aromatic rings. The minimum Gasteiger partial charge on any atom is -0.343 e. The summed E-state index contributed by atoms with van der Waals surface area (Å²) in [5, 5.41) is 0.515. The van der Waals surface area contributed by atoms with Crippen molar-refractivity contribution in [3.8, 4) is 0 Å². The van der Waals surface area contributed by atoms with Gasteiger partial charge in [-0.3, -0.25) is 14.4 Å². The third kappa shape index (κ3) is 2.83. The Labute approximate surface area is 164 Å². The molecular formula is C18H16Cl2O5S. The standard InChI is InChI=1S/C18H16Cl2O5S/c19-10-8-9(16(23)13-11(21)2-1-3-12(13)22)15(20)14-17(10)26-7-4-18(14)24-5-6-25-18/h8,13H,1-7H2. The monoisotopic (exact) mass is 414 g/mol. The van der Waals surface area contributed by atoms with Crippen molar-refractivity contribution in [2.24, 2.45) is 5.92 Å². The van der Waals surface area contributed by atoms with Gasteiger partial charge in [-0.1, -0.05) is 23.2 Å². The third-order valence-electron chi connectivity index (χ3n) is 5.00. The number of fused-ring (bicyclic) bond motifs is 2. The first-order chi connectivity index (χ1) is 12.4. The molecule has 3 aliphatic rings. The van der Waals surface area contributed by atoms with Gasteiger partial charge < -0.3 is 9.47 Å². The molecule has 8 heteroatoms. The maximum atomic E-state index is 13.0. The van der Waals surface area contributed by atoms with Crippen LogP contribution in [-0.4, -0.2) is 36.3 Å². The van der Waals surface area contributed by atoms with Gasteiger partial charge in [0, 0.05) is 41.0 Å². The molecule has 0 bridgehead atoms. The zero-order chi connectivity index (χ0) is 18.5. The third-order valence-corrected chi connectivity index (χ3v) is 6.92. The van der Waals surface area contributed by atoms with Crippen molar-refractivity contribution in [3.05, 3.63) is 27.2 Å². The van der Waals surface area contributed by atoms with Crippen LogP contribution in [0.1, 0.15) is 41.6 Å². The Balaban J connectivity index is 1.84. The van der Waals surface area contributed by atoms with Crippen LogP contribution in [0.15, 0.2) is 11.0 Å². The van der Waals surface area contributed by atoms with Crippen LogP contribution in [0, 0.1) is 5.92 Å². The fraction of sp³-hybridized carbons (Fsp3) is 0.500. The Morgan fingerprint density at radius 2 is 1.81 bits per heavy atom. The second-order valence-corrected chi connectivity index (χ2v) is 8.45. The van der Waals surface area contributed by atoms with E-state index in [-0.39, 0.29) is 35.0 Å². The normalized spacial score (nSPS) is 22.7. The number of carbonyl (C=O) groups is 3. The van der Waals surface area contributed by atoms with Gasteiger partial charge in [0.15, 0.2) is 23.1 Å². The Hall–Kier alpha value is -0.920. The molecule has 1 saturated heterocycles. The molecule has 2 heterocycles. The molecule has 5 nitrogen and oxygen atoms in total. The molecule has 4 rings (SSSR count). The van der Waals surface area contributed by atoms with E-state index in [0.29, 0.717) is 36.6 Å². The minimum absolute atomic E-state index is 0.0880. The van der Waals surface area contributed by atoms with E-state index in [1.54, 1.807) is 0 Å². The predicted molar refractivity (Wildman–Crippen MR) is 97.1 cm³/mol. The van der Waals surface area contributed by atoms with Gasteiger partial charge >= 0.3 is 0 Å². The first-order valence-electron chi connectivity index (χ1n) is 8.47. The van der Waals surface area contributed by atoms with Gasteiger partial charge in [-0.2, -0.15) is 0 Å². The molecule has 1 saturated carbocycles. The van der Waals surface area contributed by atoms with E-state index in [9.17, 15) is 14.4 Å². The summed E-state index contributed by atoms with van der Waals surface area (Å²) in [6.07, 6.45) is 1.52. The summed E-state index contributed by atoms with van der Waals surface area (Å²) in [4.78, 5) is 38.1. The van der Waals surface area contributed by atoms with Crippen molar-refractivity contribution in [1.82, 2.24) is 0 Å². The number of ketones is 3. The molecule has 1 aromatic carbocycles. The number of hydrogen-bond donors (Lipinski definition) is 0. The SMILES string of the molecule is O=C1CCCC(=O)C1C(=O)c1cc(Cl)c2c(c1Cl)C1(CCS2)OCCO1. The van der Waals surface area contributed by atoms with Gasteiger partial charge in [0.05, 0.1) is 23.3 Å². The summed E-state index contributed by atoms with van der Waals surface area (Å²) in [5.41, 5.74) is 0.629. The van der Waals surface area contributed by atoms with Gasteiger partial charge in [0.25, 0.3) is 0 Å². The number of carbonyl (C=O) groups excluding carboxylic acids is 3. The quantitative estimate of drug-likeness (QED) is 0.541. The summed E-state index contributed by atoms with van der Waals surface area (Å²) in [6.45, 7) is 0.853. The van der Waals surface area contributed by atoms with Crippen LogP contribution in [0.25, 0.3) is 0 Å². The number of halogens is 2.